The highest BCUT2D eigenvalue weighted by molar-refractivity contribution is 6.30. The summed E-state index contributed by atoms with van der Waals surface area (Å²) in [6.45, 7) is 5.37. The Morgan fingerprint density at radius 2 is 2.39 bits per heavy atom. The zero-order chi connectivity index (χ0) is 13.0. The molecule has 2 rings (SSSR count). The van der Waals surface area contributed by atoms with E-state index in [1.54, 1.807) is 6.07 Å². The molecule has 1 unspecified atom stereocenters. The minimum Gasteiger partial charge on any atom is -0.382 e. The molecule has 0 aliphatic carbocycles. The summed E-state index contributed by atoms with van der Waals surface area (Å²) in [7, 11) is 0. The number of nitrogens with zero attached hydrogens (tertiary/aromatic N) is 2. The number of likely N-dealkylation sites (N-methyl/N-ethyl adjacent to an activating group) is 1. The van der Waals surface area contributed by atoms with Crippen molar-refractivity contribution in [2.24, 2.45) is 0 Å². The molecule has 18 heavy (non-hydrogen) atoms. The Balaban J connectivity index is 2.00. The van der Waals surface area contributed by atoms with E-state index in [4.69, 9.17) is 16.9 Å². The first-order valence-electron chi connectivity index (χ1n) is 6.42. The van der Waals surface area contributed by atoms with Crippen LogP contribution in [0.5, 0.6) is 0 Å². The highest BCUT2D eigenvalue weighted by atomic mass is 35.5. The summed E-state index contributed by atoms with van der Waals surface area (Å²) in [5, 5.41) is 13.1. The van der Waals surface area contributed by atoms with Crippen molar-refractivity contribution >= 4 is 17.3 Å². The molecule has 1 aromatic carbocycles. The minimum absolute atomic E-state index is 0.581. The van der Waals surface area contributed by atoms with E-state index in [0.29, 0.717) is 16.6 Å². The molecule has 1 heterocycles. The van der Waals surface area contributed by atoms with Crippen LogP contribution in [-0.4, -0.2) is 30.6 Å². The third-order valence-electron chi connectivity index (χ3n) is 3.54. The van der Waals surface area contributed by atoms with E-state index >= 15 is 0 Å². The van der Waals surface area contributed by atoms with Crippen LogP contribution >= 0.6 is 11.6 Å². The lowest BCUT2D eigenvalue weighted by Crippen LogP contribution is -2.34. The lowest BCUT2D eigenvalue weighted by atomic mass is 10.1. The van der Waals surface area contributed by atoms with Crippen molar-refractivity contribution in [3.63, 3.8) is 0 Å². The van der Waals surface area contributed by atoms with E-state index in [-0.39, 0.29) is 0 Å². The Bertz CT molecular complexity index is 453. The predicted molar refractivity (Wildman–Crippen MR) is 74.9 cm³/mol. The van der Waals surface area contributed by atoms with E-state index in [9.17, 15) is 0 Å². The van der Waals surface area contributed by atoms with Gasteiger partial charge in [0.25, 0.3) is 0 Å². The Hall–Kier alpha value is -1.24. The third-order valence-corrected chi connectivity index (χ3v) is 3.77. The van der Waals surface area contributed by atoms with Crippen molar-refractivity contribution < 1.29 is 0 Å². The standard InChI is InChI=1S/C14H18ClN3/c1-2-18-7-3-4-13(18)10-17-14-6-5-12(15)8-11(14)9-16/h5-6,8,13,17H,2-4,7,10H2,1H3. The van der Waals surface area contributed by atoms with Crippen LogP contribution in [-0.2, 0) is 0 Å². The van der Waals surface area contributed by atoms with Crippen molar-refractivity contribution in [3.8, 4) is 6.07 Å². The second-order valence-corrected chi connectivity index (χ2v) is 5.04. The van der Waals surface area contributed by atoms with Crippen molar-refractivity contribution in [1.82, 2.24) is 4.90 Å². The molecule has 1 fully saturated rings. The van der Waals surface area contributed by atoms with Gasteiger partial charge in [-0.3, -0.25) is 4.90 Å². The molecule has 1 N–H and O–H groups in total. The van der Waals surface area contributed by atoms with Gasteiger partial charge in [-0.15, -0.1) is 0 Å². The van der Waals surface area contributed by atoms with Crippen LogP contribution in [0.15, 0.2) is 18.2 Å². The second kappa shape index (κ2) is 6.08. The maximum atomic E-state index is 9.07. The van der Waals surface area contributed by atoms with E-state index in [1.807, 2.05) is 12.1 Å². The summed E-state index contributed by atoms with van der Waals surface area (Å²) in [4.78, 5) is 2.48. The Kier molecular flexibility index (Phi) is 4.46. The molecule has 1 aliphatic rings. The fourth-order valence-electron chi connectivity index (χ4n) is 2.53. The van der Waals surface area contributed by atoms with E-state index < -0.39 is 0 Å². The van der Waals surface area contributed by atoms with Crippen molar-refractivity contribution in [2.45, 2.75) is 25.8 Å². The summed E-state index contributed by atoms with van der Waals surface area (Å²) < 4.78 is 0. The molecule has 1 saturated heterocycles. The fraction of sp³-hybridized carbons (Fsp3) is 0.500. The molecule has 0 amide bonds. The lowest BCUT2D eigenvalue weighted by Gasteiger charge is -2.23. The maximum absolute atomic E-state index is 9.07. The molecule has 1 atom stereocenters. The number of anilines is 1. The summed E-state index contributed by atoms with van der Waals surface area (Å²) in [5.74, 6) is 0. The zero-order valence-electron chi connectivity index (χ0n) is 10.6. The van der Waals surface area contributed by atoms with Gasteiger partial charge in [0, 0.05) is 17.6 Å². The van der Waals surface area contributed by atoms with Gasteiger partial charge in [-0.25, -0.2) is 0 Å². The SMILES string of the molecule is CCN1CCCC1CNc1ccc(Cl)cc1C#N. The number of halogens is 1. The molecule has 4 heteroatoms. The number of hydrogen-bond donors (Lipinski definition) is 1. The largest absolute Gasteiger partial charge is 0.382 e. The quantitative estimate of drug-likeness (QED) is 0.907. The second-order valence-electron chi connectivity index (χ2n) is 4.61. The van der Waals surface area contributed by atoms with E-state index in [0.717, 1.165) is 18.8 Å². The summed E-state index contributed by atoms with van der Waals surface area (Å²) in [5.41, 5.74) is 1.49. The first-order valence-corrected chi connectivity index (χ1v) is 6.80. The smallest absolute Gasteiger partial charge is 0.101 e. The maximum Gasteiger partial charge on any atom is 0.101 e. The monoisotopic (exact) mass is 263 g/mol. The number of nitrogens with one attached hydrogen (secondary N) is 1. The minimum atomic E-state index is 0.581. The first kappa shape index (κ1) is 13.2. The van der Waals surface area contributed by atoms with Gasteiger partial charge in [-0.1, -0.05) is 18.5 Å². The highest BCUT2D eigenvalue weighted by Gasteiger charge is 2.22. The number of benzene rings is 1. The Labute approximate surface area is 113 Å². The topological polar surface area (TPSA) is 39.1 Å². The van der Waals surface area contributed by atoms with Gasteiger partial charge in [0.05, 0.1) is 11.3 Å². The van der Waals surface area contributed by atoms with Crippen LogP contribution < -0.4 is 5.32 Å². The summed E-state index contributed by atoms with van der Waals surface area (Å²) in [6, 6.07) is 8.16. The van der Waals surface area contributed by atoms with E-state index in [1.165, 1.54) is 19.4 Å². The lowest BCUT2D eigenvalue weighted by molar-refractivity contribution is 0.277. The molecule has 0 radical (unpaired) electrons. The first-order chi connectivity index (χ1) is 8.74. The zero-order valence-corrected chi connectivity index (χ0v) is 11.4. The Morgan fingerprint density at radius 1 is 1.56 bits per heavy atom. The number of rotatable bonds is 4. The van der Waals surface area contributed by atoms with Gasteiger partial charge < -0.3 is 5.32 Å². The average Bonchev–Trinajstić information content (AvgIpc) is 2.84. The predicted octanol–water partition coefficient (Wildman–Crippen LogP) is 3.11. The molecule has 0 saturated carbocycles. The molecule has 96 valence electrons. The molecule has 1 aromatic rings. The summed E-state index contributed by atoms with van der Waals surface area (Å²) >= 11 is 5.88. The van der Waals surface area contributed by atoms with Gasteiger partial charge in [-0.2, -0.15) is 5.26 Å². The Morgan fingerprint density at radius 3 is 3.11 bits per heavy atom. The molecule has 0 aromatic heterocycles. The molecular weight excluding hydrogens is 246 g/mol. The van der Waals surface area contributed by atoms with Gasteiger partial charge in [-0.05, 0) is 44.1 Å². The average molecular weight is 264 g/mol. The van der Waals surface area contributed by atoms with Gasteiger partial charge in [0.2, 0.25) is 0 Å². The van der Waals surface area contributed by atoms with Crippen molar-refractivity contribution in [2.75, 3.05) is 25.0 Å². The van der Waals surface area contributed by atoms with Gasteiger partial charge >= 0.3 is 0 Å². The van der Waals surface area contributed by atoms with Crippen LogP contribution in [0.4, 0.5) is 5.69 Å². The van der Waals surface area contributed by atoms with Crippen LogP contribution in [0.25, 0.3) is 0 Å². The van der Waals surface area contributed by atoms with Gasteiger partial charge in [0.1, 0.15) is 6.07 Å². The third kappa shape index (κ3) is 2.95. The molecule has 1 aliphatic heterocycles. The normalized spacial score (nSPS) is 19.7. The molecule has 0 bridgehead atoms. The number of likely N-dealkylation sites (tertiary alicyclic amines) is 1. The molecule has 3 nitrogen and oxygen atoms in total. The van der Waals surface area contributed by atoms with E-state index in [2.05, 4.69) is 23.2 Å². The number of nitriles is 1. The van der Waals surface area contributed by atoms with Crippen LogP contribution in [0, 0.1) is 11.3 Å². The fourth-order valence-corrected chi connectivity index (χ4v) is 2.71. The molecule has 0 spiro atoms. The number of hydrogen-bond acceptors (Lipinski definition) is 3. The summed E-state index contributed by atoms with van der Waals surface area (Å²) in [6.07, 6.45) is 2.50. The van der Waals surface area contributed by atoms with Crippen LogP contribution in [0.3, 0.4) is 0 Å². The van der Waals surface area contributed by atoms with Crippen molar-refractivity contribution in [1.29, 1.82) is 5.26 Å². The van der Waals surface area contributed by atoms with Crippen LogP contribution in [0.2, 0.25) is 5.02 Å². The van der Waals surface area contributed by atoms with Crippen molar-refractivity contribution in [3.05, 3.63) is 28.8 Å². The highest BCUT2D eigenvalue weighted by Crippen LogP contribution is 2.22. The molecular formula is C14H18ClN3. The van der Waals surface area contributed by atoms with Crippen LogP contribution in [0.1, 0.15) is 25.3 Å². The van der Waals surface area contributed by atoms with Gasteiger partial charge in [0.15, 0.2) is 0 Å².